The van der Waals surface area contributed by atoms with Crippen molar-refractivity contribution in [3.8, 4) is 0 Å². The van der Waals surface area contributed by atoms with Crippen molar-refractivity contribution in [3.05, 3.63) is 23.8 Å². The second-order valence-corrected chi connectivity index (χ2v) is 6.01. The van der Waals surface area contributed by atoms with Crippen LogP contribution < -0.4 is 10.6 Å². The zero-order valence-electron chi connectivity index (χ0n) is 12.9. The molecule has 2 atom stereocenters. The lowest BCUT2D eigenvalue weighted by Gasteiger charge is -2.39. The van der Waals surface area contributed by atoms with E-state index < -0.39 is 0 Å². The lowest BCUT2D eigenvalue weighted by Crippen LogP contribution is -2.47. The van der Waals surface area contributed by atoms with Crippen LogP contribution in [0.15, 0.2) is 18.2 Å². The number of carbonyl (C=O) groups excluding carboxylic acids is 1. The van der Waals surface area contributed by atoms with Crippen LogP contribution in [0.5, 0.6) is 0 Å². The third kappa shape index (κ3) is 2.74. The van der Waals surface area contributed by atoms with Gasteiger partial charge < -0.3 is 15.5 Å². The zero-order chi connectivity index (χ0) is 14.9. The van der Waals surface area contributed by atoms with E-state index in [9.17, 15) is 4.79 Å². The molecular weight excluding hydrogens is 250 g/mol. The Kier molecular flexibility index (Phi) is 4.21. The normalized spacial score (nSPS) is 22.7. The molecule has 20 heavy (non-hydrogen) atoms. The predicted molar refractivity (Wildman–Crippen MR) is 84.1 cm³/mol. The summed E-state index contributed by atoms with van der Waals surface area (Å²) < 4.78 is 0. The molecule has 1 fully saturated rings. The number of anilines is 2. The van der Waals surface area contributed by atoms with Gasteiger partial charge in [0.2, 0.25) is 0 Å². The molecule has 2 unspecified atom stereocenters. The number of piperidine rings is 1. The molecule has 1 heterocycles. The number of nitrogens with two attached hydrogens (primary N) is 1. The number of benzene rings is 1. The summed E-state index contributed by atoms with van der Waals surface area (Å²) >= 11 is 0. The van der Waals surface area contributed by atoms with Crippen molar-refractivity contribution in [2.75, 3.05) is 24.7 Å². The van der Waals surface area contributed by atoms with Gasteiger partial charge in [0.15, 0.2) is 0 Å². The molecule has 0 spiro atoms. The number of nitrogens with zero attached hydrogens (tertiary/aromatic N) is 2. The summed E-state index contributed by atoms with van der Waals surface area (Å²) in [6, 6.07) is 6.15. The summed E-state index contributed by atoms with van der Waals surface area (Å²) in [7, 11) is 3.90. The number of carbonyl (C=O) groups is 1. The number of amides is 1. The number of rotatable bonds is 2. The first-order valence-electron chi connectivity index (χ1n) is 7.31. The Bertz CT molecular complexity index is 488. The lowest BCUT2D eigenvalue weighted by atomic mass is 9.96. The van der Waals surface area contributed by atoms with E-state index in [1.807, 2.05) is 36.0 Å². The van der Waals surface area contributed by atoms with E-state index in [1.165, 1.54) is 6.42 Å². The minimum atomic E-state index is 0.0979. The van der Waals surface area contributed by atoms with Gasteiger partial charge in [-0.1, -0.05) is 0 Å². The Hall–Kier alpha value is -1.71. The second-order valence-electron chi connectivity index (χ2n) is 6.01. The van der Waals surface area contributed by atoms with Crippen molar-refractivity contribution in [2.45, 2.75) is 45.2 Å². The Labute approximate surface area is 121 Å². The Balaban J connectivity index is 2.39. The van der Waals surface area contributed by atoms with Crippen LogP contribution in [0, 0.1) is 0 Å². The molecule has 1 aromatic rings. The average Bonchev–Trinajstić information content (AvgIpc) is 2.37. The maximum absolute atomic E-state index is 12.9. The first-order chi connectivity index (χ1) is 9.41. The zero-order valence-corrected chi connectivity index (χ0v) is 12.9. The Morgan fingerprint density at radius 1 is 1.25 bits per heavy atom. The summed E-state index contributed by atoms with van der Waals surface area (Å²) in [5.41, 5.74) is 8.14. The van der Waals surface area contributed by atoms with E-state index in [1.54, 1.807) is 6.07 Å². The summed E-state index contributed by atoms with van der Waals surface area (Å²) in [6.07, 6.45) is 3.36. The molecule has 1 aliphatic heterocycles. The molecule has 0 aromatic heterocycles. The van der Waals surface area contributed by atoms with Crippen LogP contribution in [0.4, 0.5) is 11.4 Å². The van der Waals surface area contributed by atoms with E-state index in [0.29, 0.717) is 23.3 Å². The topological polar surface area (TPSA) is 49.6 Å². The maximum atomic E-state index is 12.9. The largest absolute Gasteiger partial charge is 0.399 e. The highest BCUT2D eigenvalue weighted by atomic mass is 16.2. The monoisotopic (exact) mass is 275 g/mol. The lowest BCUT2D eigenvalue weighted by molar-refractivity contribution is 0.0511. The van der Waals surface area contributed by atoms with Gasteiger partial charge in [0.05, 0.1) is 5.56 Å². The summed E-state index contributed by atoms with van der Waals surface area (Å²) in [5, 5.41) is 0. The van der Waals surface area contributed by atoms with Gasteiger partial charge in [0.1, 0.15) is 0 Å². The highest BCUT2D eigenvalue weighted by molar-refractivity contribution is 6.01. The van der Waals surface area contributed by atoms with Crippen molar-refractivity contribution in [3.63, 3.8) is 0 Å². The fraction of sp³-hybridized carbons (Fsp3) is 0.562. The molecular formula is C16H25N3O. The van der Waals surface area contributed by atoms with Crippen molar-refractivity contribution in [1.82, 2.24) is 4.90 Å². The summed E-state index contributed by atoms with van der Waals surface area (Å²) in [5.74, 6) is 0.0979. The molecule has 0 bridgehead atoms. The Morgan fingerprint density at radius 3 is 2.40 bits per heavy atom. The molecule has 1 aromatic carbocycles. The van der Waals surface area contributed by atoms with Crippen molar-refractivity contribution >= 4 is 17.3 Å². The SMILES string of the molecule is CC1CCCC(C)N1C(=O)c1cc(N)ccc1N(C)C. The molecule has 4 nitrogen and oxygen atoms in total. The molecule has 1 aliphatic rings. The minimum Gasteiger partial charge on any atom is -0.399 e. The average molecular weight is 275 g/mol. The van der Waals surface area contributed by atoms with Crippen LogP contribution in [0.2, 0.25) is 0 Å². The van der Waals surface area contributed by atoms with E-state index in [2.05, 4.69) is 13.8 Å². The molecule has 0 radical (unpaired) electrons. The van der Waals surface area contributed by atoms with Gasteiger partial charge >= 0.3 is 0 Å². The fourth-order valence-corrected chi connectivity index (χ4v) is 3.08. The Morgan fingerprint density at radius 2 is 1.85 bits per heavy atom. The maximum Gasteiger partial charge on any atom is 0.256 e. The standard InChI is InChI=1S/C16H25N3O/c1-11-6-5-7-12(2)19(11)16(20)14-10-13(17)8-9-15(14)18(3)4/h8-12H,5-7,17H2,1-4H3. The molecule has 0 saturated carbocycles. The van der Waals surface area contributed by atoms with Crippen LogP contribution in [-0.2, 0) is 0 Å². The summed E-state index contributed by atoms with van der Waals surface area (Å²) in [6.45, 7) is 4.27. The predicted octanol–water partition coefficient (Wildman–Crippen LogP) is 2.74. The fourth-order valence-electron chi connectivity index (χ4n) is 3.08. The van der Waals surface area contributed by atoms with Gasteiger partial charge in [-0.2, -0.15) is 0 Å². The number of hydrogen-bond donors (Lipinski definition) is 1. The van der Waals surface area contributed by atoms with Crippen LogP contribution in [0.1, 0.15) is 43.5 Å². The number of likely N-dealkylation sites (tertiary alicyclic amines) is 1. The first-order valence-corrected chi connectivity index (χ1v) is 7.31. The molecule has 0 aliphatic carbocycles. The van der Waals surface area contributed by atoms with Crippen LogP contribution >= 0.6 is 0 Å². The van der Waals surface area contributed by atoms with Crippen LogP contribution in [0.25, 0.3) is 0 Å². The van der Waals surface area contributed by atoms with Gasteiger partial charge in [-0.05, 0) is 51.3 Å². The molecule has 2 N–H and O–H groups in total. The smallest absolute Gasteiger partial charge is 0.256 e. The van der Waals surface area contributed by atoms with Crippen molar-refractivity contribution in [1.29, 1.82) is 0 Å². The van der Waals surface area contributed by atoms with Gasteiger partial charge in [0, 0.05) is 37.6 Å². The van der Waals surface area contributed by atoms with E-state index in [4.69, 9.17) is 5.73 Å². The summed E-state index contributed by atoms with van der Waals surface area (Å²) in [4.78, 5) is 16.9. The van der Waals surface area contributed by atoms with Crippen LogP contribution in [-0.4, -0.2) is 37.0 Å². The van der Waals surface area contributed by atoms with Crippen LogP contribution in [0.3, 0.4) is 0 Å². The molecule has 4 heteroatoms. The van der Waals surface area contributed by atoms with Gasteiger partial charge in [-0.25, -0.2) is 0 Å². The minimum absolute atomic E-state index is 0.0979. The van der Waals surface area contributed by atoms with Gasteiger partial charge in [0.25, 0.3) is 5.91 Å². The van der Waals surface area contributed by atoms with Crippen molar-refractivity contribution in [2.24, 2.45) is 0 Å². The molecule has 2 rings (SSSR count). The van der Waals surface area contributed by atoms with E-state index >= 15 is 0 Å². The quantitative estimate of drug-likeness (QED) is 0.844. The third-order valence-corrected chi connectivity index (χ3v) is 4.16. The van der Waals surface area contributed by atoms with E-state index in [0.717, 1.165) is 18.5 Å². The van der Waals surface area contributed by atoms with Crippen molar-refractivity contribution < 1.29 is 4.79 Å². The third-order valence-electron chi connectivity index (χ3n) is 4.16. The second kappa shape index (κ2) is 5.73. The first kappa shape index (κ1) is 14.7. The molecule has 1 amide bonds. The highest BCUT2D eigenvalue weighted by Gasteiger charge is 2.31. The van der Waals surface area contributed by atoms with Gasteiger partial charge in [-0.3, -0.25) is 4.79 Å². The molecule has 110 valence electrons. The number of hydrogen-bond acceptors (Lipinski definition) is 3. The van der Waals surface area contributed by atoms with Gasteiger partial charge in [-0.15, -0.1) is 0 Å². The van der Waals surface area contributed by atoms with E-state index in [-0.39, 0.29) is 5.91 Å². The highest BCUT2D eigenvalue weighted by Crippen LogP contribution is 2.29. The molecule has 1 saturated heterocycles. The number of nitrogen functional groups attached to an aromatic ring is 1.